The van der Waals surface area contributed by atoms with Gasteiger partial charge in [0.25, 0.3) is 5.91 Å². The topological polar surface area (TPSA) is 196 Å². The summed E-state index contributed by atoms with van der Waals surface area (Å²) in [5.74, 6) is -1.38. The minimum atomic E-state index is -1.50. The Morgan fingerprint density at radius 2 is 1.81 bits per heavy atom. The standard InChI is InChI=1S/C29H18ClN5O10.C2H6/c1-35-18(28(37)32-34-31)17(33-39)9-6-10-12-14-15-25(20(10)40-2)42-7-43-26(15)27-16(24(14)45-23(12)13(9)29(35)38)19(36)8-4-5-11(30)22(41-3)21(8)44-27;1-2/h4-6,17-18,20,25H,7H2,1-3H3;1-2H3. The normalized spacial score (nSPS) is 20.9. The van der Waals surface area contributed by atoms with Crippen LogP contribution in [-0.4, -0.2) is 50.8 Å². The summed E-state index contributed by atoms with van der Waals surface area (Å²) in [6.07, 6.45) is -1.62. The molecule has 2 aromatic heterocycles. The van der Waals surface area contributed by atoms with Crippen LogP contribution in [0.2, 0.25) is 5.02 Å². The molecule has 0 N–H and O–H groups in total. The van der Waals surface area contributed by atoms with E-state index in [1.807, 2.05) is 13.8 Å². The molecule has 0 fully saturated rings. The summed E-state index contributed by atoms with van der Waals surface area (Å²) in [5.41, 5.74) is 9.63. The fourth-order valence-electron chi connectivity index (χ4n) is 6.96. The number of hydrogen-bond donors (Lipinski definition) is 0. The maximum absolute atomic E-state index is 14.2. The van der Waals surface area contributed by atoms with Crippen molar-refractivity contribution in [1.82, 2.24) is 4.90 Å². The molecule has 47 heavy (non-hydrogen) atoms. The van der Waals surface area contributed by atoms with E-state index in [9.17, 15) is 19.3 Å². The molecule has 5 aromatic rings. The van der Waals surface area contributed by atoms with Gasteiger partial charge in [-0.3, -0.25) is 14.4 Å². The highest BCUT2D eigenvalue weighted by molar-refractivity contribution is 6.33. The van der Waals surface area contributed by atoms with Gasteiger partial charge in [0, 0.05) is 35.4 Å². The number of fused-ring (bicyclic) bond motifs is 6. The minimum Gasteiger partial charge on any atom is -0.491 e. The molecule has 0 saturated heterocycles. The molecular formula is C31H24ClN5O10. The Kier molecular flexibility index (Phi) is 7.09. The first-order valence-corrected chi connectivity index (χ1v) is 14.8. The van der Waals surface area contributed by atoms with Crippen molar-refractivity contribution in [2.45, 2.75) is 38.1 Å². The molecular weight excluding hydrogens is 638 g/mol. The number of halogens is 1. The van der Waals surface area contributed by atoms with Gasteiger partial charge in [-0.1, -0.05) is 30.6 Å². The average molecular weight is 662 g/mol. The van der Waals surface area contributed by atoms with Crippen molar-refractivity contribution in [1.29, 1.82) is 0 Å². The lowest BCUT2D eigenvalue weighted by molar-refractivity contribution is -0.123. The number of likely N-dealkylation sites (N-methyl/N-ethyl adjacent to an activating group) is 1. The van der Waals surface area contributed by atoms with Crippen LogP contribution in [0.5, 0.6) is 11.5 Å². The molecule has 0 radical (unpaired) electrons. The van der Waals surface area contributed by atoms with Crippen molar-refractivity contribution < 1.29 is 37.4 Å². The lowest BCUT2D eigenvalue weighted by atomic mass is 9.79. The van der Waals surface area contributed by atoms with Gasteiger partial charge in [-0.2, -0.15) is 4.91 Å². The molecule has 3 aromatic carbocycles. The average Bonchev–Trinajstić information content (AvgIpc) is 3.48. The van der Waals surface area contributed by atoms with Crippen molar-refractivity contribution in [2.75, 3.05) is 28.1 Å². The van der Waals surface area contributed by atoms with Gasteiger partial charge in [0.15, 0.2) is 35.0 Å². The Morgan fingerprint density at radius 1 is 1.06 bits per heavy atom. The van der Waals surface area contributed by atoms with Gasteiger partial charge in [0.2, 0.25) is 11.3 Å². The van der Waals surface area contributed by atoms with E-state index < -0.39 is 41.5 Å². The summed E-state index contributed by atoms with van der Waals surface area (Å²) < 4.78 is 36.2. The molecule has 2 aliphatic heterocycles. The van der Waals surface area contributed by atoms with Crippen molar-refractivity contribution >= 4 is 67.3 Å². The summed E-state index contributed by atoms with van der Waals surface area (Å²) in [7, 11) is 4.15. The van der Waals surface area contributed by atoms with Crippen LogP contribution in [0.3, 0.4) is 0 Å². The van der Waals surface area contributed by atoms with Gasteiger partial charge in [-0.25, -0.2) is 0 Å². The Balaban J connectivity index is 0.00000172. The number of nitroso groups, excluding NO2 is 1. The van der Waals surface area contributed by atoms with Crippen LogP contribution in [0.15, 0.2) is 42.1 Å². The van der Waals surface area contributed by atoms with Gasteiger partial charge in [0.1, 0.15) is 35.3 Å². The molecule has 0 saturated carbocycles. The molecule has 4 atom stereocenters. The van der Waals surface area contributed by atoms with Crippen LogP contribution in [0.4, 0.5) is 0 Å². The van der Waals surface area contributed by atoms with E-state index in [2.05, 4.69) is 15.2 Å². The molecule has 16 heteroatoms. The van der Waals surface area contributed by atoms with Crippen molar-refractivity contribution in [3.05, 3.63) is 71.0 Å². The lowest BCUT2D eigenvalue weighted by Crippen LogP contribution is -2.49. The second kappa shape index (κ2) is 11.0. The summed E-state index contributed by atoms with van der Waals surface area (Å²) in [4.78, 5) is 56.7. The molecule has 8 rings (SSSR count). The SMILES string of the molecule is CC.COc1c(Cl)ccc2c(=O)c3c(oc12)c1c2c4c3oc3c5c(cc(c34)C(OC)C2OCO1)C(N=O)C(C(=O)N=[N+]=[N-])N(C)C5=O. The molecule has 0 spiro atoms. The van der Waals surface area contributed by atoms with Crippen molar-refractivity contribution in [3.63, 3.8) is 0 Å². The maximum Gasteiger partial charge on any atom is 0.258 e. The largest absolute Gasteiger partial charge is 0.491 e. The number of azide groups is 1. The molecule has 4 heterocycles. The van der Waals surface area contributed by atoms with E-state index >= 15 is 0 Å². The van der Waals surface area contributed by atoms with E-state index in [4.69, 9.17) is 44.9 Å². The summed E-state index contributed by atoms with van der Waals surface area (Å²) >= 11 is 6.35. The van der Waals surface area contributed by atoms with E-state index in [0.717, 1.165) is 4.90 Å². The Morgan fingerprint density at radius 3 is 2.49 bits per heavy atom. The molecule has 2 amide bonds. The van der Waals surface area contributed by atoms with E-state index in [1.54, 1.807) is 6.07 Å². The zero-order valence-corrected chi connectivity index (χ0v) is 26.2. The fourth-order valence-corrected chi connectivity index (χ4v) is 7.18. The van der Waals surface area contributed by atoms with Crippen LogP contribution in [-0.2, 0) is 14.3 Å². The second-order valence-electron chi connectivity index (χ2n) is 10.7. The number of carbonyl (C=O) groups excluding carboxylic acids is 2. The molecule has 240 valence electrons. The predicted molar refractivity (Wildman–Crippen MR) is 168 cm³/mol. The number of nitrogens with zero attached hydrogens (tertiary/aromatic N) is 5. The number of methoxy groups -OCH3 is 2. The highest BCUT2D eigenvalue weighted by Crippen LogP contribution is 2.58. The highest BCUT2D eigenvalue weighted by atomic mass is 35.5. The number of furan rings is 1. The Hall–Kier alpha value is -5.21. The summed E-state index contributed by atoms with van der Waals surface area (Å²) in [5, 5.41) is 7.58. The minimum absolute atomic E-state index is 0.0335. The zero-order valence-electron chi connectivity index (χ0n) is 25.4. The van der Waals surface area contributed by atoms with Crippen LogP contribution < -0.4 is 14.9 Å². The van der Waals surface area contributed by atoms with Crippen LogP contribution >= 0.6 is 11.6 Å². The van der Waals surface area contributed by atoms with E-state index in [1.165, 1.54) is 33.4 Å². The van der Waals surface area contributed by atoms with E-state index in [-0.39, 0.29) is 67.5 Å². The van der Waals surface area contributed by atoms with Crippen molar-refractivity contribution in [2.24, 2.45) is 10.3 Å². The Bertz CT molecular complexity index is 2340. The van der Waals surface area contributed by atoms with Gasteiger partial charge in [-0.05, 0) is 40.0 Å². The molecule has 4 unspecified atom stereocenters. The first kappa shape index (κ1) is 30.4. The van der Waals surface area contributed by atoms with Crippen molar-refractivity contribution in [3.8, 4) is 11.5 Å². The third-order valence-electron chi connectivity index (χ3n) is 8.79. The molecule has 0 bridgehead atoms. The number of ether oxygens (including phenoxy) is 4. The van der Waals surface area contributed by atoms with Crippen LogP contribution in [0, 0.1) is 4.91 Å². The molecule has 3 aliphatic rings. The third kappa shape index (κ3) is 3.82. The number of amides is 2. The van der Waals surface area contributed by atoms with Gasteiger partial charge in [-0.15, -0.1) is 0 Å². The molecule has 15 nitrogen and oxygen atoms in total. The lowest BCUT2D eigenvalue weighted by Gasteiger charge is -2.38. The summed E-state index contributed by atoms with van der Waals surface area (Å²) in [6.45, 7) is 3.78. The van der Waals surface area contributed by atoms with Gasteiger partial charge in [0.05, 0.1) is 23.1 Å². The highest BCUT2D eigenvalue weighted by Gasteiger charge is 2.49. The smallest absolute Gasteiger partial charge is 0.258 e. The monoisotopic (exact) mass is 661 g/mol. The Labute approximate surface area is 268 Å². The zero-order chi connectivity index (χ0) is 33.5. The first-order chi connectivity index (χ1) is 22.8. The molecule has 1 aliphatic carbocycles. The quantitative estimate of drug-likeness (QED) is 0.0653. The number of carbonyl (C=O) groups is 2. The van der Waals surface area contributed by atoms with Gasteiger partial charge >= 0.3 is 0 Å². The second-order valence-corrected chi connectivity index (χ2v) is 11.1. The fraction of sp³-hybridized carbons (Fsp3) is 0.323. The van der Waals surface area contributed by atoms with Crippen LogP contribution in [0.1, 0.15) is 59.1 Å². The number of hydrogen-bond acceptors (Lipinski definition) is 11. The maximum atomic E-state index is 14.2. The van der Waals surface area contributed by atoms with Gasteiger partial charge < -0.3 is 32.7 Å². The third-order valence-corrected chi connectivity index (χ3v) is 9.09. The number of rotatable bonds is 4. The predicted octanol–water partition coefficient (Wildman–Crippen LogP) is 6.74. The summed E-state index contributed by atoms with van der Waals surface area (Å²) in [6, 6.07) is 1.61. The van der Waals surface area contributed by atoms with Crippen LogP contribution in [0.25, 0.3) is 54.3 Å². The number of benzene rings is 3. The first-order valence-electron chi connectivity index (χ1n) is 14.4. The van der Waals surface area contributed by atoms with E-state index in [0.29, 0.717) is 21.9 Å².